The Hall–Kier alpha value is -1.32. The van der Waals surface area contributed by atoms with Gasteiger partial charge >= 0.3 is 6.18 Å². The highest BCUT2D eigenvalue weighted by atomic mass is 32.2. The van der Waals surface area contributed by atoms with Crippen LogP contribution in [-0.4, -0.2) is 73.9 Å². The average Bonchev–Trinajstić information content (AvgIpc) is 2.89. The highest BCUT2D eigenvalue weighted by Gasteiger charge is 2.43. The summed E-state index contributed by atoms with van der Waals surface area (Å²) in [6.45, 7) is -1.64. The van der Waals surface area contributed by atoms with Gasteiger partial charge < -0.3 is 9.80 Å². The zero-order valence-corrected chi connectivity index (χ0v) is 12.8. The second-order valence-corrected chi connectivity index (χ2v) is 8.03. The molecule has 0 aromatic rings. The summed E-state index contributed by atoms with van der Waals surface area (Å²) in [4.78, 5) is 25.7. The third-order valence-electron chi connectivity index (χ3n) is 4.04. The maximum absolute atomic E-state index is 12.3. The summed E-state index contributed by atoms with van der Waals surface area (Å²) in [5, 5.41) is 0. The van der Waals surface area contributed by atoms with Crippen LogP contribution < -0.4 is 0 Å². The number of halogens is 3. The topological polar surface area (TPSA) is 74.8 Å². The number of amides is 2. The number of rotatable bonds is 3. The second-order valence-electron chi connectivity index (χ2n) is 5.80. The Kier molecular flexibility index (Phi) is 4.42. The van der Waals surface area contributed by atoms with Gasteiger partial charge in [-0.3, -0.25) is 9.59 Å². The first-order valence-electron chi connectivity index (χ1n) is 6.80. The fourth-order valence-electron chi connectivity index (χ4n) is 2.86. The van der Waals surface area contributed by atoms with Crippen molar-refractivity contribution in [3.05, 3.63) is 0 Å². The van der Waals surface area contributed by atoms with E-state index in [0.29, 0.717) is 11.3 Å². The van der Waals surface area contributed by atoms with E-state index in [1.54, 1.807) is 0 Å². The third kappa shape index (κ3) is 3.90. The highest BCUT2D eigenvalue weighted by molar-refractivity contribution is 7.91. The fraction of sp³-hybridized carbons (Fsp3) is 0.833. The molecule has 2 saturated heterocycles. The van der Waals surface area contributed by atoms with Crippen molar-refractivity contribution in [3.8, 4) is 0 Å². The zero-order chi connectivity index (χ0) is 16.7. The predicted octanol–water partition coefficient (Wildman–Crippen LogP) is 0.0427. The quantitative estimate of drug-likeness (QED) is 0.726. The highest BCUT2D eigenvalue weighted by Crippen LogP contribution is 2.26. The molecule has 2 heterocycles. The third-order valence-corrected chi connectivity index (χ3v) is 5.79. The molecule has 2 rings (SSSR count). The van der Waals surface area contributed by atoms with Crippen LogP contribution in [-0.2, 0) is 19.4 Å². The van der Waals surface area contributed by atoms with Gasteiger partial charge in [-0.05, 0) is 6.42 Å². The van der Waals surface area contributed by atoms with Crippen molar-refractivity contribution >= 4 is 21.7 Å². The van der Waals surface area contributed by atoms with Crippen molar-refractivity contribution < 1.29 is 31.2 Å². The molecule has 126 valence electrons. The fourth-order valence-corrected chi connectivity index (χ4v) is 4.63. The monoisotopic (exact) mass is 342 g/mol. The number of sulfone groups is 1. The first kappa shape index (κ1) is 17.0. The lowest BCUT2D eigenvalue weighted by Gasteiger charge is -2.26. The molecule has 0 unspecified atom stereocenters. The molecule has 0 N–H and O–H groups in total. The molecule has 0 spiro atoms. The van der Waals surface area contributed by atoms with Crippen LogP contribution in [0, 0.1) is 5.92 Å². The minimum atomic E-state index is -4.50. The van der Waals surface area contributed by atoms with Gasteiger partial charge in [-0.2, -0.15) is 13.2 Å². The van der Waals surface area contributed by atoms with E-state index in [2.05, 4.69) is 0 Å². The van der Waals surface area contributed by atoms with E-state index in [0.717, 1.165) is 0 Å². The van der Waals surface area contributed by atoms with E-state index in [1.165, 1.54) is 11.9 Å². The molecule has 22 heavy (non-hydrogen) atoms. The normalized spacial score (nSPS) is 28.2. The molecule has 0 saturated carbocycles. The van der Waals surface area contributed by atoms with E-state index in [-0.39, 0.29) is 24.5 Å². The van der Waals surface area contributed by atoms with Gasteiger partial charge in [0, 0.05) is 26.1 Å². The molecule has 0 aromatic carbocycles. The van der Waals surface area contributed by atoms with E-state index < -0.39 is 46.3 Å². The lowest BCUT2D eigenvalue weighted by atomic mass is 10.1. The van der Waals surface area contributed by atoms with Crippen molar-refractivity contribution in [1.82, 2.24) is 9.80 Å². The molecule has 2 aliphatic heterocycles. The summed E-state index contributed by atoms with van der Waals surface area (Å²) in [5.41, 5.74) is 0. The SMILES string of the molecule is CN(C(=O)[C@@H]1CC(=O)N(CC(F)(F)F)C1)[C@H]1CCS(=O)(=O)C1. The Labute approximate surface area is 126 Å². The molecule has 0 bridgehead atoms. The molecule has 0 aromatic heterocycles. The van der Waals surface area contributed by atoms with Crippen LogP contribution in [0.4, 0.5) is 13.2 Å². The standard InChI is InChI=1S/C12H17F3N2O4S/c1-16(9-2-3-22(20,21)6-9)11(19)8-4-10(18)17(5-8)7-12(13,14)15/h8-9H,2-7H2,1H3/t8-,9+/m1/s1. The van der Waals surface area contributed by atoms with Crippen LogP contribution in [0.1, 0.15) is 12.8 Å². The number of carbonyl (C=O) groups is 2. The van der Waals surface area contributed by atoms with Crippen LogP contribution in [0.15, 0.2) is 0 Å². The second kappa shape index (κ2) is 5.71. The molecule has 6 nitrogen and oxygen atoms in total. The first-order chi connectivity index (χ1) is 9.98. The largest absolute Gasteiger partial charge is 0.406 e. The van der Waals surface area contributed by atoms with Gasteiger partial charge in [-0.25, -0.2) is 8.42 Å². The Morgan fingerprint density at radius 1 is 1.41 bits per heavy atom. The lowest BCUT2D eigenvalue weighted by molar-refractivity contribution is -0.157. The molecule has 2 fully saturated rings. The van der Waals surface area contributed by atoms with Crippen molar-refractivity contribution in [2.45, 2.75) is 25.1 Å². The molecule has 2 aliphatic rings. The smallest absolute Gasteiger partial charge is 0.341 e. The predicted molar refractivity (Wildman–Crippen MR) is 70.6 cm³/mol. The van der Waals surface area contributed by atoms with Crippen LogP contribution in [0.3, 0.4) is 0 Å². The molecule has 10 heteroatoms. The minimum Gasteiger partial charge on any atom is -0.341 e. The molecule has 2 atom stereocenters. The summed E-state index contributed by atoms with van der Waals surface area (Å²) in [7, 11) is -1.73. The number of hydrogen-bond acceptors (Lipinski definition) is 4. The van der Waals surface area contributed by atoms with Crippen LogP contribution in [0.5, 0.6) is 0 Å². The molecule has 2 amide bonds. The first-order valence-corrected chi connectivity index (χ1v) is 8.62. The Morgan fingerprint density at radius 3 is 2.55 bits per heavy atom. The Bertz CT molecular complexity index is 575. The van der Waals surface area contributed by atoms with Crippen molar-refractivity contribution in [2.24, 2.45) is 5.92 Å². The van der Waals surface area contributed by atoms with Gasteiger partial charge in [0.05, 0.1) is 17.4 Å². The van der Waals surface area contributed by atoms with E-state index in [4.69, 9.17) is 0 Å². The Morgan fingerprint density at radius 2 is 2.05 bits per heavy atom. The molecular formula is C12H17F3N2O4S. The maximum atomic E-state index is 12.3. The number of nitrogens with zero attached hydrogens (tertiary/aromatic N) is 2. The molecular weight excluding hydrogens is 325 g/mol. The van der Waals surface area contributed by atoms with Crippen molar-refractivity contribution in [3.63, 3.8) is 0 Å². The molecule has 0 radical (unpaired) electrons. The number of likely N-dealkylation sites (tertiary alicyclic amines) is 1. The van der Waals surface area contributed by atoms with Crippen LogP contribution in [0.2, 0.25) is 0 Å². The number of carbonyl (C=O) groups excluding carboxylic acids is 2. The van der Waals surface area contributed by atoms with Gasteiger partial charge in [-0.15, -0.1) is 0 Å². The summed E-state index contributed by atoms with van der Waals surface area (Å²) in [6.07, 6.45) is -4.45. The lowest BCUT2D eigenvalue weighted by Crippen LogP contribution is -2.42. The van der Waals surface area contributed by atoms with Crippen LogP contribution in [0.25, 0.3) is 0 Å². The van der Waals surface area contributed by atoms with E-state index in [9.17, 15) is 31.2 Å². The summed E-state index contributed by atoms with van der Waals surface area (Å²) < 4.78 is 59.9. The Balaban J connectivity index is 1.98. The van der Waals surface area contributed by atoms with Crippen molar-refractivity contribution in [1.29, 1.82) is 0 Å². The number of alkyl halides is 3. The van der Waals surface area contributed by atoms with Gasteiger partial charge in [0.2, 0.25) is 11.8 Å². The maximum Gasteiger partial charge on any atom is 0.406 e. The summed E-state index contributed by atoms with van der Waals surface area (Å²) >= 11 is 0. The molecule has 0 aliphatic carbocycles. The van der Waals surface area contributed by atoms with Crippen LogP contribution >= 0.6 is 0 Å². The zero-order valence-electron chi connectivity index (χ0n) is 12.0. The van der Waals surface area contributed by atoms with Gasteiger partial charge in [-0.1, -0.05) is 0 Å². The minimum absolute atomic E-state index is 0.000910. The summed E-state index contributed by atoms with van der Waals surface area (Å²) in [6, 6.07) is -0.468. The van der Waals surface area contributed by atoms with Crippen molar-refractivity contribution in [2.75, 3.05) is 31.6 Å². The van der Waals surface area contributed by atoms with Gasteiger partial charge in [0.1, 0.15) is 6.54 Å². The van der Waals surface area contributed by atoms with E-state index >= 15 is 0 Å². The van der Waals surface area contributed by atoms with E-state index in [1.807, 2.05) is 0 Å². The average molecular weight is 342 g/mol. The number of hydrogen-bond donors (Lipinski definition) is 0. The van der Waals surface area contributed by atoms with Gasteiger partial charge in [0.25, 0.3) is 0 Å². The summed E-state index contributed by atoms with van der Waals surface area (Å²) in [5.74, 6) is -2.16. The van der Waals surface area contributed by atoms with Gasteiger partial charge in [0.15, 0.2) is 9.84 Å².